The predicted octanol–water partition coefficient (Wildman–Crippen LogP) is 4.31. The Labute approximate surface area is 133 Å². The highest BCUT2D eigenvalue weighted by molar-refractivity contribution is 5.99. The molecule has 0 amide bonds. The number of ether oxygens (including phenoxy) is 1. The third-order valence-electron chi connectivity index (χ3n) is 5.81. The van der Waals surface area contributed by atoms with Crippen LogP contribution < -0.4 is 0 Å². The summed E-state index contributed by atoms with van der Waals surface area (Å²) in [6, 6.07) is 0. The topological polar surface area (TPSA) is 63.6 Å². The van der Waals surface area contributed by atoms with Gasteiger partial charge >= 0.3 is 11.9 Å². The van der Waals surface area contributed by atoms with E-state index in [0.717, 1.165) is 38.5 Å². The van der Waals surface area contributed by atoms with Crippen LogP contribution in [0.1, 0.15) is 84.5 Å². The van der Waals surface area contributed by atoms with E-state index in [1.807, 2.05) is 0 Å². The lowest BCUT2D eigenvalue weighted by Gasteiger charge is -2.40. The van der Waals surface area contributed by atoms with Crippen molar-refractivity contribution in [2.24, 2.45) is 11.3 Å². The summed E-state index contributed by atoms with van der Waals surface area (Å²) in [6.07, 6.45) is 9.92. The minimum atomic E-state index is -1.29. The van der Waals surface area contributed by atoms with Gasteiger partial charge in [0.2, 0.25) is 0 Å². The summed E-state index contributed by atoms with van der Waals surface area (Å²) >= 11 is 0. The Hall–Kier alpha value is -1.06. The fraction of sp³-hybridized carbons (Fsp3) is 0.889. The van der Waals surface area contributed by atoms with Gasteiger partial charge in [0.15, 0.2) is 5.41 Å². The van der Waals surface area contributed by atoms with Crippen molar-refractivity contribution in [2.45, 2.75) is 90.1 Å². The average molecular weight is 310 g/mol. The summed E-state index contributed by atoms with van der Waals surface area (Å²) < 4.78 is 6.00. The number of hydrogen-bond acceptors (Lipinski definition) is 3. The van der Waals surface area contributed by atoms with E-state index in [-0.39, 0.29) is 5.92 Å². The van der Waals surface area contributed by atoms with Crippen LogP contribution in [0.5, 0.6) is 0 Å². The average Bonchev–Trinajstić information content (AvgIpc) is 2.92. The Morgan fingerprint density at radius 2 is 1.32 bits per heavy atom. The Kier molecular flexibility index (Phi) is 5.51. The minimum absolute atomic E-state index is 0.224. The van der Waals surface area contributed by atoms with Crippen LogP contribution >= 0.6 is 0 Å². The van der Waals surface area contributed by atoms with Gasteiger partial charge in [-0.15, -0.1) is 0 Å². The third-order valence-corrected chi connectivity index (χ3v) is 5.81. The molecule has 1 N–H and O–H groups in total. The van der Waals surface area contributed by atoms with Crippen molar-refractivity contribution in [1.82, 2.24) is 0 Å². The molecule has 2 fully saturated rings. The first-order valence-electron chi connectivity index (χ1n) is 8.90. The van der Waals surface area contributed by atoms with Crippen LogP contribution in [-0.2, 0) is 14.3 Å². The lowest BCUT2D eigenvalue weighted by molar-refractivity contribution is -0.186. The molecule has 4 heteroatoms. The van der Waals surface area contributed by atoms with E-state index < -0.39 is 23.0 Å². The maximum absolute atomic E-state index is 12.8. The summed E-state index contributed by atoms with van der Waals surface area (Å²) in [4.78, 5) is 24.5. The molecule has 0 radical (unpaired) electrons. The molecule has 0 aromatic rings. The van der Waals surface area contributed by atoms with Gasteiger partial charge in [0.05, 0.1) is 0 Å². The number of esters is 1. The van der Waals surface area contributed by atoms with Crippen molar-refractivity contribution in [2.75, 3.05) is 0 Å². The van der Waals surface area contributed by atoms with Crippen molar-refractivity contribution in [1.29, 1.82) is 0 Å². The zero-order valence-electron chi connectivity index (χ0n) is 14.0. The van der Waals surface area contributed by atoms with Crippen LogP contribution in [0.3, 0.4) is 0 Å². The van der Waals surface area contributed by atoms with Crippen LogP contribution in [0.2, 0.25) is 0 Å². The molecule has 0 aliphatic heterocycles. The summed E-state index contributed by atoms with van der Waals surface area (Å²) in [6.45, 7) is 4.19. The van der Waals surface area contributed by atoms with E-state index in [2.05, 4.69) is 13.8 Å². The van der Waals surface area contributed by atoms with Crippen molar-refractivity contribution in [3.05, 3.63) is 0 Å². The molecular weight excluding hydrogens is 280 g/mol. The van der Waals surface area contributed by atoms with Crippen LogP contribution in [0.4, 0.5) is 0 Å². The second-order valence-corrected chi connectivity index (χ2v) is 7.47. The van der Waals surface area contributed by atoms with E-state index in [1.54, 1.807) is 0 Å². The standard InChI is InChI=1S/C18H30O4/c1-14(2)18(12-6-4-3-5-7-13-18)22-16(21)17(15(19)20)10-8-9-11-17/h14H,3-13H2,1-2H3,(H,19,20). The van der Waals surface area contributed by atoms with Gasteiger partial charge < -0.3 is 9.84 Å². The number of carbonyl (C=O) groups excluding carboxylic acids is 1. The zero-order valence-corrected chi connectivity index (χ0v) is 14.0. The Balaban J connectivity index is 2.19. The van der Waals surface area contributed by atoms with Gasteiger partial charge in [0, 0.05) is 0 Å². The molecule has 4 nitrogen and oxygen atoms in total. The molecule has 0 aromatic heterocycles. The maximum Gasteiger partial charge on any atom is 0.324 e. The van der Waals surface area contributed by atoms with E-state index in [9.17, 15) is 14.7 Å². The number of aliphatic carboxylic acids is 1. The molecule has 22 heavy (non-hydrogen) atoms. The molecule has 0 saturated heterocycles. The molecule has 0 bridgehead atoms. The van der Waals surface area contributed by atoms with E-state index in [1.165, 1.54) is 19.3 Å². The molecule has 0 atom stereocenters. The predicted molar refractivity (Wildman–Crippen MR) is 84.5 cm³/mol. The van der Waals surface area contributed by atoms with Crippen molar-refractivity contribution < 1.29 is 19.4 Å². The maximum atomic E-state index is 12.8. The van der Waals surface area contributed by atoms with E-state index >= 15 is 0 Å². The summed E-state index contributed by atoms with van der Waals surface area (Å²) in [5, 5.41) is 9.59. The van der Waals surface area contributed by atoms with Crippen molar-refractivity contribution >= 4 is 11.9 Å². The second-order valence-electron chi connectivity index (χ2n) is 7.47. The highest BCUT2D eigenvalue weighted by Crippen LogP contribution is 2.43. The third kappa shape index (κ3) is 3.31. The fourth-order valence-electron chi connectivity index (χ4n) is 4.07. The molecule has 126 valence electrons. The summed E-state index contributed by atoms with van der Waals surface area (Å²) in [5.74, 6) is -1.26. The largest absolute Gasteiger partial charge is 0.480 e. The zero-order chi connectivity index (χ0) is 16.2. The lowest BCUT2D eigenvalue weighted by atomic mass is 9.78. The summed E-state index contributed by atoms with van der Waals surface area (Å²) in [7, 11) is 0. The van der Waals surface area contributed by atoms with Crippen LogP contribution in [0.15, 0.2) is 0 Å². The molecular formula is C18H30O4. The molecule has 0 aromatic carbocycles. The van der Waals surface area contributed by atoms with Gasteiger partial charge in [0.25, 0.3) is 0 Å². The molecule has 2 aliphatic carbocycles. The van der Waals surface area contributed by atoms with Crippen LogP contribution in [-0.4, -0.2) is 22.6 Å². The number of carbonyl (C=O) groups is 2. The fourth-order valence-corrected chi connectivity index (χ4v) is 4.07. The van der Waals surface area contributed by atoms with E-state index in [4.69, 9.17) is 4.74 Å². The quantitative estimate of drug-likeness (QED) is 0.620. The van der Waals surface area contributed by atoms with Gasteiger partial charge in [-0.1, -0.05) is 46.0 Å². The Bertz CT molecular complexity index is 399. The Morgan fingerprint density at radius 1 is 0.864 bits per heavy atom. The molecule has 0 unspecified atom stereocenters. The van der Waals surface area contributed by atoms with Gasteiger partial charge in [-0.3, -0.25) is 9.59 Å². The second kappa shape index (κ2) is 7.01. The monoisotopic (exact) mass is 310 g/mol. The van der Waals surface area contributed by atoms with Crippen molar-refractivity contribution in [3.63, 3.8) is 0 Å². The summed E-state index contributed by atoms with van der Waals surface area (Å²) in [5.41, 5.74) is -1.76. The van der Waals surface area contributed by atoms with Crippen LogP contribution in [0.25, 0.3) is 0 Å². The number of carboxylic acid groups (broad SMARTS) is 1. The normalized spacial score (nSPS) is 24.5. The van der Waals surface area contributed by atoms with Crippen molar-refractivity contribution in [3.8, 4) is 0 Å². The Morgan fingerprint density at radius 3 is 1.77 bits per heavy atom. The first kappa shape index (κ1) is 17.3. The first-order chi connectivity index (χ1) is 10.4. The minimum Gasteiger partial charge on any atom is -0.480 e. The van der Waals surface area contributed by atoms with Gasteiger partial charge in [-0.25, -0.2) is 0 Å². The molecule has 2 saturated carbocycles. The lowest BCUT2D eigenvalue weighted by Crippen LogP contribution is -2.47. The SMILES string of the molecule is CC(C)C1(OC(=O)C2(C(=O)O)CCCC2)CCCCCCC1. The highest BCUT2D eigenvalue weighted by atomic mass is 16.6. The molecule has 0 spiro atoms. The smallest absolute Gasteiger partial charge is 0.324 e. The number of carboxylic acids is 1. The molecule has 0 heterocycles. The number of rotatable bonds is 4. The number of hydrogen-bond donors (Lipinski definition) is 1. The highest BCUT2D eigenvalue weighted by Gasteiger charge is 2.52. The molecule has 2 aliphatic rings. The first-order valence-corrected chi connectivity index (χ1v) is 8.90. The van der Waals surface area contributed by atoms with Gasteiger partial charge in [-0.2, -0.15) is 0 Å². The van der Waals surface area contributed by atoms with Crippen LogP contribution in [0, 0.1) is 11.3 Å². The van der Waals surface area contributed by atoms with Gasteiger partial charge in [-0.05, 0) is 44.4 Å². The van der Waals surface area contributed by atoms with E-state index in [0.29, 0.717) is 12.8 Å². The van der Waals surface area contributed by atoms with Gasteiger partial charge in [0.1, 0.15) is 5.60 Å². The molecule has 2 rings (SSSR count).